The highest BCUT2D eigenvalue weighted by molar-refractivity contribution is 5.97. The summed E-state index contributed by atoms with van der Waals surface area (Å²) in [5, 5.41) is 12.5. The minimum atomic E-state index is -0.577. The Morgan fingerprint density at radius 1 is 1.47 bits per heavy atom. The molecule has 104 valence electrons. The van der Waals surface area contributed by atoms with Crippen LogP contribution in [0.1, 0.15) is 28.8 Å². The van der Waals surface area contributed by atoms with E-state index in [1.165, 1.54) is 0 Å². The maximum absolute atomic E-state index is 12.3. The zero-order valence-corrected chi connectivity index (χ0v) is 11.1. The summed E-state index contributed by atoms with van der Waals surface area (Å²) in [6.07, 6.45) is 1.24. The van der Waals surface area contributed by atoms with Gasteiger partial charge in [-0.3, -0.25) is 4.79 Å². The van der Waals surface area contributed by atoms with Crippen LogP contribution in [0.15, 0.2) is 18.2 Å². The molecule has 1 aliphatic rings. The maximum atomic E-state index is 12.3. The van der Waals surface area contributed by atoms with Crippen molar-refractivity contribution in [2.75, 3.05) is 25.6 Å². The van der Waals surface area contributed by atoms with E-state index in [1.807, 2.05) is 13.0 Å². The molecule has 1 heterocycles. The first kappa shape index (κ1) is 13.8. The summed E-state index contributed by atoms with van der Waals surface area (Å²) in [5.41, 5.74) is 7.12. The van der Waals surface area contributed by atoms with Gasteiger partial charge in [0.25, 0.3) is 5.91 Å². The van der Waals surface area contributed by atoms with Crippen LogP contribution in [0.4, 0.5) is 5.69 Å². The molecular formula is C14H20N2O3. The van der Waals surface area contributed by atoms with Crippen molar-refractivity contribution in [3.05, 3.63) is 29.3 Å². The van der Waals surface area contributed by atoms with Crippen LogP contribution in [0.2, 0.25) is 0 Å². The van der Waals surface area contributed by atoms with Crippen LogP contribution in [0.25, 0.3) is 0 Å². The van der Waals surface area contributed by atoms with Crippen LogP contribution in [0.3, 0.4) is 0 Å². The van der Waals surface area contributed by atoms with Crippen LogP contribution >= 0.6 is 0 Å². The van der Waals surface area contributed by atoms with Gasteiger partial charge in [-0.15, -0.1) is 0 Å². The second-order valence-corrected chi connectivity index (χ2v) is 5.08. The fraction of sp³-hybridized carbons (Fsp3) is 0.500. The average molecular weight is 264 g/mol. The molecular weight excluding hydrogens is 244 g/mol. The third kappa shape index (κ3) is 3.05. The predicted octanol–water partition coefficient (Wildman–Crippen LogP) is 0.849. The fourth-order valence-corrected chi connectivity index (χ4v) is 2.28. The fourth-order valence-electron chi connectivity index (χ4n) is 2.28. The third-order valence-electron chi connectivity index (χ3n) is 3.64. The van der Waals surface area contributed by atoms with Gasteiger partial charge in [-0.2, -0.15) is 0 Å². The Labute approximate surface area is 112 Å². The van der Waals surface area contributed by atoms with E-state index in [0.717, 1.165) is 5.56 Å². The van der Waals surface area contributed by atoms with Gasteiger partial charge in [0, 0.05) is 24.5 Å². The van der Waals surface area contributed by atoms with Crippen molar-refractivity contribution in [1.82, 2.24) is 5.32 Å². The van der Waals surface area contributed by atoms with E-state index in [2.05, 4.69) is 5.32 Å². The second-order valence-electron chi connectivity index (χ2n) is 5.08. The van der Waals surface area contributed by atoms with Crippen LogP contribution in [-0.4, -0.2) is 36.4 Å². The maximum Gasteiger partial charge on any atom is 0.252 e. The zero-order valence-electron chi connectivity index (χ0n) is 11.1. The summed E-state index contributed by atoms with van der Waals surface area (Å²) in [6.45, 7) is 2.89. The van der Waals surface area contributed by atoms with Gasteiger partial charge in [-0.05, 0) is 37.5 Å². The van der Waals surface area contributed by atoms with Gasteiger partial charge >= 0.3 is 0 Å². The molecule has 1 saturated heterocycles. The van der Waals surface area contributed by atoms with Gasteiger partial charge in [0.2, 0.25) is 0 Å². The number of nitrogens with two attached hydrogens (primary N) is 1. The van der Waals surface area contributed by atoms with Crippen molar-refractivity contribution in [1.29, 1.82) is 0 Å². The van der Waals surface area contributed by atoms with Crippen LogP contribution < -0.4 is 11.1 Å². The Bertz CT molecular complexity index is 468. The minimum absolute atomic E-state index is 0.0799. The molecule has 1 aromatic carbocycles. The lowest BCUT2D eigenvalue weighted by Gasteiger charge is -2.36. The second kappa shape index (κ2) is 5.59. The molecule has 4 N–H and O–H groups in total. The predicted molar refractivity (Wildman–Crippen MR) is 72.9 cm³/mol. The van der Waals surface area contributed by atoms with E-state index < -0.39 is 5.54 Å². The topological polar surface area (TPSA) is 84.6 Å². The summed E-state index contributed by atoms with van der Waals surface area (Å²) < 4.78 is 5.27. The smallest absolute Gasteiger partial charge is 0.252 e. The number of carbonyl (C=O) groups excluding carboxylic acids is 1. The lowest BCUT2D eigenvalue weighted by Crippen LogP contribution is -2.54. The van der Waals surface area contributed by atoms with Crippen molar-refractivity contribution in [2.45, 2.75) is 25.3 Å². The molecule has 0 aromatic heterocycles. The van der Waals surface area contributed by atoms with Crippen molar-refractivity contribution < 1.29 is 14.6 Å². The Morgan fingerprint density at radius 3 is 2.79 bits per heavy atom. The highest BCUT2D eigenvalue weighted by Gasteiger charge is 2.34. The normalized spacial score (nSPS) is 18.0. The van der Waals surface area contributed by atoms with E-state index in [0.29, 0.717) is 37.3 Å². The molecule has 1 amide bonds. The molecule has 0 radical (unpaired) electrons. The highest BCUT2D eigenvalue weighted by Crippen LogP contribution is 2.22. The van der Waals surface area contributed by atoms with Crippen molar-refractivity contribution in [3.63, 3.8) is 0 Å². The number of aliphatic hydroxyl groups is 1. The van der Waals surface area contributed by atoms with Gasteiger partial charge in [0.05, 0.1) is 12.1 Å². The highest BCUT2D eigenvalue weighted by atomic mass is 16.5. The lowest BCUT2D eigenvalue weighted by molar-refractivity contribution is 0.0125. The first-order valence-electron chi connectivity index (χ1n) is 6.44. The van der Waals surface area contributed by atoms with Crippen molar-refractivity contribution >= 4 is 11.6 Å². The van der Waals surface area contributed by atoms with Crippen LogP contribution in [-0.2, 0) is 4.74 Å². The molecule has 0 spiro atoms. The van der Waals surface area contributed by atoms with E-state index in [-0.39, 0.29) is 12.5 Å². The molecule has 5 heteroatoms. The Balaban J connectivity index is 2.17. The molecule has 0 aliphatic carbocycles. The first-order valence-corrected chi connectivity index (χ1v) is 6.44. The van der Waals surface area contributed by atoms with Gasteiger partial charge in [-0.25, -0.2) is 0 Å². The molecule has 1 aromatic rings. The molecule has 1 fully saturated rings. The number of nitrogen functional groups attached to an aromatic ring is 1. The Hall–Kier alpha value is -1.59. The standard InChI is InChI=1S/C14H20N2O3/c1-10-2-3-11(15)8-12(10)13(18)16-14(9-17)4-6-19-7-5-14/h2-3,8,17H,4-7,9,15H2,1H3,(H,16,18). The van der Waals surface area contributed by atoms with Gasteiger partial charge in [0.1, 0.15) is 0 Å². The number of rotatable bonds is 3. The lowest BCUT2D eigenvalue weighted by atomic mass is 9.90. The number of aryl methyl sites for hydroxylation is 1. The van der Waals surface area contributed by atoms with Gasteiger partial charge in [0.15, 0.2) is 0 Å². The largest absolute Gasteiger partial charge is 0.399 e. The summed E-state index contributed by atoms with van der Waals surface area (Å²) in [6, 6.07) is 5.25. The van der Waals surface area contributed by atoms with Gasteiger partial charge in [-0.1, -0.05) is 6.07 Å². The number of nitrogens with one attached hydrogen (secondary N) is 1. The molecule has 0 bridgehead atoms. The molecule has 0 atom stereocenters. The van der Waals surface area contributed by atoms with Gasteiger partial charge < -0.3 is 20.9 Å². The quantitative estimate of drug-likeness (QED) is 0.707. The van der Waals surface area contributed by atoms with E-state index in [9.17, 15) is 9.90 Å². The van der Waals surface area contributed by atoms with Crippen molar-refractivity contribution in [3.8, 4) is 0 Å². The number of carbonyl (C=O) groups is 1. The summed E-state index contributed by atoms with van der Waals surface area (Å²) in [5.74, 6) is -0.194. The van der Waals surface area contributed by atoms with Crippen LogP contribution in [0, 0.1) is 6.92 Å². The van der Waals surface area contributed by atoms with Crippen molar-refractivity contribution in [2.24, 2.45) is 0 Å². The molecule has 1 aliphatic heterocycles. The first-order chi connectivity index (χ1) is 9.06. The molecule has 0 unspecified atom stereocenters. The van der Waals surface area contributed by atoms with E-state index >= 15 is 0 Å². The number of ether oxygens (including phenoxy) is 1. The third-order valence-corrected chi connectivity index (χ3v) is 3.64. The summed E-state index contributed by atoms with van der Waals surface area (Å²) in [4.78, 5) is 12.3. The molecule has 0 saturated carbocycles. The number of aliphatic hydroxyl groups excluding tert-OH is 1. The number of amides is 1. The molecule has 5 nitrogen and oxygen atoms in total. The number of hydrogen-bond acceptors (Lipinski definition) is 4. The zero-order chi connectivity index (χ0) is 13.9. The summed E-state index contributed by atoms with van der Waals surface area (Å²) in [7, 11) is 0. The Morgan fingerprint density at radius 2 is 2.16 bits per heavy atom. The average Bonchev–Trinajstić information content (AvgIpc) is 2.42. The number of benzene rings is 1. The molecule has 19 heavy (non-hydrogen) atoms. The number of anilines is 1. The summed E-state index contributed by atoms with van der Waals surface area (Å²) >= 11 is 0. The Kier molecular flexibility index (Phi) is 4.07. The minimum Gasteiger partial charge on any atom is -0.399 e. The van der Waals surface area contributed by atoms with Crippen LogP contribution in [0.5, 0.6) is 0 Å². The SMILES string of the molecule is Cc1ccc(N)cc1C(=O)NC1(CO)CCOCC1. The van der Waals surface area contributed by atoms with E-state index in [4.69, 9.17) is 10.5 Å². The molecule has 2 rings (SSSR count). The number of hydrogen-bond donors (Lipinski definition) is 3. The van der Waals surface area contributed by atoms with E-state index in [1.54, 1.807) is 12.1 Å². The monoisotopic (exact) mass is 264 g/mol.